The van der Waals surface area contributed by atoms with Gasteiger partial charge in [-0.3, -0.25) is 5.43 Å². The summed E-state index contributed by atoms with van der Waals surface area (Å²) in [5.41, 5.74) is 6.17. The minimum atomic E-state index is -0.796. The third-order valence-corrected chi connectivity index (χ3v) is 3.52. The molecule has 0 aliphatic rings. The summed E-state index contributed by atoms with van der Waals surface area (Å²) < 4.78 is 0. The fraction of sp³-hybridized carbons (Fsp3) is 0.0500. The molecule has 0 spiro atoms. The maximum Gasteiger partial charge on any atom is 0.123 e. The number of aliphatic hydroxyl groups is 1. The predicted molar refractivity (Wildman–Crippen MR) is 94.4 cm³/mol. The second-order valence-electron chi connectivity index (χ2n) is 5.15. The molecule has 1 unspecified atom stereocenters. The normalized spacial score (nSPS) is 12.7. The first kappa shape index (κ1) is 15.0. The average Bonchev–Trinajstić information content (AvgIpc) is 2.64. The molecular formula is C20H18N2O. The second kappa shape index (κ2) is 7.38. The maximum absolute atomic E-state index is 10.7. The Morgan fingerprint density at radius 3 is 1.87 bits per heavy atom. The lowest BCUT2D eigenvalue weighted by Gasteiger charge is -2.15. The number of nitrogens with one attached hydrogen (secondary N) is 1. The van der Waals surface area contributed by atoms with Crippen molar-refractivity contribution in [1.82, 2.24) is 0 Å². The van der Waals surface area contributed by atoms with Crippen LogP contribution in [-0.2, 0) is 0 Å². The van der Waals surface area contributed by atoms with Crippen LogP contribution in [0.5, 0.6) is 0 Å². The molecule has 0 aliphatic carbocycles. The van der Waals surface area contributed by atoms with E-state index in [-0.39, 0.29) is 0 Å². The quantitative estimate of drug-likeness (QED) is 0.547. The van der Waals surface area contributed by atoms with Gasteiger partial charge in [0.1, 0.15) is 11.8 Å². The third-order valence-electron chi connectivity index (χ3n) is 3.52. The van der Waals surface area contributed by atoms with Gasteiger partial charge in [0, 0.05) is 5.56 Å². The highest BCUT2D eigenvalue weighted by Gasteiger charge is 2.17. The van der Waals surface area contributed by atoms with E-state index in [1.54, 1.807) is 0 Å². The fourth-order valence-corrected chi connectivity index (χ4v) is 2.32. The zero-order valence-electron chi connectivity index (χ0n) is 12.6. The summed E-state index contributed by atoms with van der Waals surface area (Å²) in [6.45, 7) is 0. The lowest BCUT2D eigenvalue weighted by Crippen LogP contribution is -2.15. The van der Waals surface area contributed by atoms with Gasteiger partial charge in [0.05, 0.1) is 5.69 Å². The number of hydrazone groups is 1. The lowest BCUT2D eigenvalue weighted by molar-refractivity contribution is 0.248. The molecule has 23 heavy (non-hydrogen) atoms. The number of aliphatic hydroxyl groups excluding tert-OH is 1. The van der Waals surface area contributed by atoms with Crippen molar-refractivity contribution < 1.29 is 5.11 Å². The van der Waals surface area contributed by atoms with E-state index < -0.39 is 6.10 Å². The van der Waals surface area contributed by atoms with Crippen LogP contribution in [0, 0.1) is 0 Å². The van der Waals surface area contributed by atoms with Crippen LogP contribution < -0.4 is 5.43 Å². The van der Waals surface area contributed by atoms with Gasteiger partial charge in [0.15, 0.2) is 0 Å². The van der Waals surface area contributed by atoms with Crippen LogP contribution in [0.3, 0.4) is 0 Å². The molecule has 0 amide bonds. The van der Waals surface area contributed by atoms with Gasteiger partial charge < -0.3 is 5.11 Å². The molecule has 0 aromatic heterocycles. The minimum Gasteiger partial charge on any atom is -0.382 e. The Hall–Kier alpha value is -2.91. The molecule has 0 fully saturated rings. The molecule has 3 nitrogen and oxygen atoms in total. The van der Waals surface area contributed by atoms with Gasteiger partial charge in [0.25, 0.3) is 0 Å². The molecule has 3 heteroatoms. The Morgan fingerprint density at radius 1 is 0.739 bits per heavy atom. The molecule has 3 aromatic rings. The number of hydrogen-bond acceptors (Lipinski definition) is 3. The third kappa shape index (κ3) is 3.84. The SMILES string of the molecule is OC(/C(=N\Nc1ccccc1)c1ccccc1)c1ccccc1. The molecule has 1 atom stereocenters. The van der Waals surface area contributed by atoms with Gasteiger partial charge in [-0.05, 0) is 17.7 Å². The van der Waals surface area contributed by atoms with E-state index in [1.165, 1.54) is 0 Å². The van der Waals surface area contributed by atoms with E-state index in [9.17, 15) is 5.11 Å². The van der Waals surface area contributed by atoms with Crippen LogP contribution in [0.4, 0.5) is 5.69 Å². The number of nitrogens with zero attached hydrogens (tertiary/aromatic N) is 1. The molecule has 0 saturated heterocycles. The first-order valence-corrected chi connectivity index (χ1v) is 7.51. The van der Waals surface area contributed by atoms with Gasteiger partial charge in [-0.2, -0.15) is 5.10 Å². The number of anilines is 1. The van der Waals surface area contributed by atoms with E-state index in [0.717, 1.165) is 16.8 Å². The predicted octanol–water partition coefficient (Wildman–Crippen LogP) is 4.24. The molecule has 2 N–H and O–H groups in total. The van der Waals surface area contributed by atoms with E-state index >= 15 is 0 Å². The summed E-state index contributed by atoms with van der Waals surface area (Å²) in [6, 6.07) is 28.9. The molecule has 3 rings (SSSR count). The molecule has 0 aliphatic heterocycles. The van der Waals surface area contributed by atoms with Crippen molar-refractivity contribution in [3.05, 3.63) is 102 Å². The van der Waals surface area contributed by atoms with Crippen LogP contribution >= 0.6 is 0 Å². The topological polar surface area (TPSA) is 44.6 Å². The summed E-state index contributed by atoms with van der Waals surface area (Å²) >= 11 is 0. The molecule has 0 radical (unpaired) electrons. The first-order valence-electron chi connectivity index (χ1n) is 7.51. The highest BCUT2D eigenvalue weighted by Crippen LogP contribution is 2.19. The van der Waals surface area contributed by atoms with Crippen LogP contribution in [0.1, 0.15) is 17.2 Å². The monoisotopic (exact) mass is 302 g/mol. The van der Waals surface area contributed by atoms with Gasteiger partial charge in [-0.1, -0.05) is 78.9 Å². The zero-order chi connectivity index (χ0) is 15.9. The summed E-state index contributed by atoms with van der Waals surface area (Å²) in [7, 11) is 0. The summed E-state index contributed by atoms with van der Waals surface area (Å²) in [4.78, 5) is 0. The molecule has 114 valence electrons. The molecule has 0 heterocycles. The zero-order valence-corrected chi connectivity index (χ0v) is 12.6. The highest BCUT2D eigenvalue weighted by molar-refractivity contribution is 6.04. The van der Waals surface area contributed by atoms with E-state index in [2.05, 4.69) is 10.5 Å². The molecular weight excluding hydrogens is 284 g/mol. The standard InChI is InChI=1S/C20H18N2O/c23-20(17-12-6-2-7-13-17)19(16-10-4-1-5-11-16)22-21-18-14-8-3-9-15-18/h1-15,20-21,23H/b22-19-. The Bertz CT molecular complexity index is 755. The van der Waals surface area contributed by atoms with E-state index in [0.29, 0.717) is 5.71 Å². The van der Waals surface area contributed by atoms with Crippen molar-refractivity contribution in [3.8, 4) is 0 Å². The van der Waals surface area contributed by atoms with Crippen LogP contribution in [-0.4, -0.2) is 10.8 Å². The van der Waals surface area contributed by atoms with Crippen molar-refractivity contribution >= 4 is 11.4 Å². The minimum absolute atomic E-state index is 0.584. The Labute approximate surface area is 135 Å². The fourth-order valence-electron chi connectivity index (χ4n) is 2.32. The largest absolute Gasteiger partial charge is 0.382 e. The van der Waals surface area contributed by atoms with Crippen molar-refractivity contribution in [1.29, 1.82) is 0 Å². The number of benzene rings is 3. The van der Waals surface area contributed by atoms with Gasteiger partial charge in [0.2, 0.25) is 0 Å². The number of hydrogen-bond donors (Lipinski definition) is 2. The van der Waals surface area contributed by atoms with Crippen molar-refractivity contribution in [2.75, 3.05) is 5.43 Å². The van der Waals surface area contributed by atoms with Gasteiger partial charge in [-0.15, -0.1) is 0 Å². The van der Waals surface area contributed by atoms with E-state index in [4.69, 9.17) is 0 Å². The summed E-state index contributed by atoms with van der Waals surface area (Å²) in [6.07, 6.45) is -0.796. The van der Waals surface area contributed by atoms with Crippen LogP contribution in [0.2, 0.25) is 0 Å². The van der Waals surface area contributed by atoms with Gasteiger partial charge >= 0.3 is 0 Å². The van der Waals surface area contributed by atoms with Gasteiger partial charge in [-0.25, -0.2) is 0 Å². The van der Waals surface area contributed by atoms with Crippen LogP contribution in [0.25, 0.3) is 0 Å². The van der Waals surface area contributed by atoms with Crippen molar-refractivity contribution in [2.45, 2.75) is 6.10 Å². The Morgan fingerprint density at radius 2 is 1.26 bits per heavy atom. The Kier molecular flexibility index (Phi) is 4.82. The van der Waals surface area contributed by atoms with Crippen molar-refractivity contribution in [3.63, 3.8) is 0 Å². The second-order valence-corrected chi connectivity index (χ2v) is 5.15. The number of rotatable bonds is 5. The van der Waals surface area contributed by atoms with Crippen molar-refractivity contribution in [2.24, 2.45) is 5.10 Å². The summed E-state index contributed by atoms with van der Waals surface area (Å²) in [5, 5.41) is 15.2. The van der Waals surface area contributed by atoms with Crippen LogP contribution in [0.15, 0.2) is 96.1 Å². The van der Waals surface area contributed by atoms with E-state index in [1.807, 2.05) is 91.0 Å². The highest BCUT2D eigenvalue weighted by atomic mass is 16.3. The first-order chi connectivity index (χ1) is 11.3. The maximum atomic E-state index is 10.7. The average molecular weight is 302 g/mol. The number of para-hydroxylation sites is 1. The Balaban J connectivity index is 1.94. The molecule has 0 saturated carbocycles. The summed E-state index contributed by atoms with van der Waals surface area (Å²) in [5.74, 6) is 0. The smallest absolute Gasteiger partial charge is 0.123 e. The molecule has 0 bridgehead atoms. The lowest BCUT2D eigenvalue weighted by atomic mass is 9.99. The molecule has 3 aromatic carbocycles.